The molecule has 0 aromatic heterocycles. The average Bonchev–Trinajstić information content (AvgIpc) is 2.77. The standard InChI is InChI=1S/C17H25NO2/c19-13-12-16(14-8-6-3-7-9-14)18-17(20)15-10-4-1-2-5-11-15/h3,6-9,15-16,19H,1-2,4-5,10-13H2,(H,18,20). The SMILES string of the molecule is O=C(NC(CCO)c1ccccc1)C1CCCCCC1. The van der Waals surface area contributed by atoms with Gasteiger partial charge in [-0.15, -0.1) is 0 Å². The Bertz CT molecular complexity index is 397. The van der Waals surface area contributed by atoms with Crippen molar-refractivity contribution in [2.75, 3.05) is 6.61 Å². The molecule has 1 aliphatic rings. The Morgan fingerprint density at radius 3 is 2.40 bits per heavy atom. The molecule has 2 N–H and O–H groups in total. The lowest BCUT2D eigenvalue weighted by Crippen LogP contribution is -2.34. The normalized spacial score (nSPS) is 18.2. The molecule has 0 bridgehead atoms. The van der Waals surface area contributed by atoms with Crippen LogP contribution in [0.1, 0.15) is 56.6 Å². The lowest BCUT2D eigenvalue weighted by Gasteiger charge is -2.22. The topological polar surface area (TPSA) is 49.3 Å². The first kappa shape index (κ1) is 15.0. The highest BCUT2D eigenvalue weighted by molar-refractivity contribution is 5.79. The number of aliphatic hydroxyl groups is 1. The van der Waals surface area contributed by atoms with Gasteiger partial charge < -0.3 is 10.4 Å². The number of rotatable bonds is 5. The van der Waals surface area contributed by atoms with Crippen molar-refractivity contribution < 1.29 is 9.90 Å². The van der Waals surface area contributed by atoms with Crippen molar-refractivity contribution in [2.24, 2.45) is 5.92 Å². The minimum absolute atomic E-state index is 0.0723. The zero-order valence-electron chi connectivity index (χ0n) is 12.1. The van der Waals surface area contributed by atoms with Gasteiger partial charge in [0.2, 0.25) is 5.91 Å². The van der Waals surface area contributed by atoms with Crippen LogP contribution in [-0.4, -0.2) is 17.6 Å². The molecule has 3 heteroatoms. The van der Waals surface area contributed by atoms with E-state index in [0.717, 1.165) is 31.2 Å². The first-order chi connectivity index (χ1) is 9.81. The number of aliphatic hydroxyl groups excluding tert-OH is 1. The summed E-state index contributed by atoms with van der Waals surface area (Å²) in [6.45, 7) is 0.0878. The van der Waals surface area contributed by atoms with Gasteiger partial charge in [0.1, 0.15) is 0 Å². The van der Waals surface area contributed by atoms with Crippen LogP contribution in [0.15, 0.2) is 30.3 Å². The van der Waals surface area contributed by atoms with E-state index in [0.29, 0.717) is 6.42 Å². The highest BCUT2D eigenvalue weighted by atomic mass is 16.3. The minimum atomic E-state index is -0.0723. The number of nitrogens with one attached hydrogen (secondary N) is 1. The van der Waals surface area contributed by atoms with Crippen molar-refractivity contribution in [1.29, 1.82) is 0 Å². The second kappa shape index (κ2) is 8.05. The number of carbonyl (C=O) groups excluding carboxylic acids is 1. The summed E-state index contributed by atoms with van der Waals surface area (Å²) in [5.41, 5.74) is 1.07. The van der Waals surface area contributed by atoms with Crippen molar-refractivity contribution in [1.82, 2.24) is 5.32 Å². The zero-order valence-corrected chi connectivity index (χ0v) is 12.1. The first-order valence-corrected chi connectivity index (χ1v) is 7.77. The number of benzene rings is 1. The van der Waals surface area contributed by atoms with E-state index < -0.39 is 0 Å². The van der Waals surface area contributed by atoms with Crippen molar-refractivity contribution in [2.45, 2.75) is 51.0 Å². The van der Waals surface area contributed by atoms with Crippen LogP contribution >= 0.6 is 0 Å². The predicted molar refractivity (Wildman–Crippen MR) is 80.2 cm³/mol. The largest absolute Gasteiger partial charge is 0.396 e. The van der Waals surface area contributed by atoms with Gasteiger partial charge in [0, 0.05) is 12.5 Å². The molecule has 20 heavy (non-hydrogen) atoms. The van der Waals surface area contributed by atoms with Crippen LogP contribution in [-0.2, 0) is 4.79 Å². The lowest BCUT2D eigenvalue weighted by molar-refractivity contribution is -0.126. The molecule has 1 aliphatic carbocycles. The summed E-state index contributed by atoms with van der Waals surface area (Å²) in [6, 6.07) is 9.85. The fraction of sp³-hybridized carbons (Fsp3) is 0.588. The van der Waals surface area contributed by atoms with Crippen molar-refractivity contribution in [3.63, 3.8) is 0 Å². The third-order valence-electron chi connectivity index (χ3n) is 4.16. The second-order valence-corrected chi connectivity index (χ2v) is 5.67. The van der Waals surface area contributed by atoms with Crippen LogP contribution < -0.4 is 5.32 Å². The number of amides is 1. The molecule has 1 amide bonds. The summed E-state index contributed by atoms with van der Waals surface area (Å²) in [5.74, 6) is 0.316. The zero-order chi connectivity index (χ0) is 14.2. The monoisotopic (exact) mass is 275 g/mol. The van der Waals surface area contributed by atoms with Gasteiger partial charge >= 0.3 is 0 Å². The molecule has 110 valence electrons. The van der Waals surface area contributed by atoms with Crippen LogP contribution in [0.25, 0.3) is 0 Å². The van der Waals surface area contributed by atoms with Crippen molar-refractivity contribution in [3.05, 3.63) is 35.9 Å². The van der Waals surface area contributed by atoms with Gasteiger partial charge in [-0.05, 0) is 24.8 Å². The molecular weight excluding hydrogens is 250 g/mol. The molecule has 1 saturated carbocycles. The summed E-state index contributed by atoms with van der Waals surface area (Å²) in [7, 11) is 0. The summed E-state index contributed by atoms with van der Waals surface area (Å²) >= 11 is 0. The van der Waals surface area contributed by atoms with Crippen LogP contribution in [0.2, 0.25) is 0 Å². The average molecular weight is 275 g/mol. The molecule has 0 spiro atoms. The van der Waals surface area contributed by atoms with E-state index in [1.165, 1.54) is 12.8 Å². The first-order valence-electron chi connectivity index (χ1n) is 7.77. The molecule has 0 saturated heterocycles. The van der Waals surface area contributed by atoms with Gasteiger partial charge in [-0.3, -0.25) is 4.79 Å². The van der Waals surface area contributed by atoms with Crippen molar-refractivity contribution in [3.8, 4) is 0 Å². The third kappa shape index (κ3) is 4.34. The Morgan fingerprint density at radius 1 is 1.15 bits per heavy atom. The maximum absolute atomic E-state index is 12.4. The molecule has 0 heterocycles. The Hall–Kier alpha value is -1.35. The molecule has 0 aliphatic heterocycles. The highest BCUT2D eigenvalue weighted by Crippen LogP contribution is 2.24. The molecule has 1 aromatic carbocycles. The summed E-state index contributed by atoms with van der Waals surface area (Å²) < 4.78 is 0. The smallest absolute Gasteiger partial charge is 0.223 e. The number of hydrogen-bond acceptors (Lipinski definition) is 2. The van der Waals surface area contributed by atoms with Crippen LogP contribution in [0.4, 0.5) is 0 Å². The maximum atomic E-state index is 12.4. The van der Waals surface area contributed by atoms with Gasteiger partial charge in [-0.1, -0.05) is 56.0 Å². The van der Waals surface area contributed by atoms with Gasteiger partial charge in [0.05, 0.1) is 6.04 Å². The lowest BCUT2D eigenvalue weighted by atomic mass is 9.97. The van der Waals surface area contributed by atoms with E-state index >= 15 is 0 Å². The number of hydrogen-bond donors (Lipinski definition) is 2. The van der Waals surface area contributed by atoms with Crippen LogP contribution in [0.3, 0.4) is 0 Å². The van der Waals surface area contributed by atoms with E-state index in [1.807, 2.05) is 30.3 Å². The maximum Gasteiger partial charge on any atom is 0.223 e. The number of carbonyl (C=O) groups is 1. The van der Waals surface area contributed by atoms with E-state index in [9.17, 15) is 9.90 Å². The summed E-state index contributed by atoms with van der Waals surface area (Å²) in [4.78, 5) is 12.4. The van der Waals surface area contributed by atoms with E-state index in [2.05, 4.69) is 5.32 Å². The van der Waals surface area contributed by atoms with Crippen molar-refractivity contribution >= 4 is 5.91 Å². The molecule has 0 radical (unpaired) electrons. The fourth-order valence-electron chi connectivity index (χ4n) is 2.97. The Balaban J connectivity index is 1.98. The van der Waals surface area contributed by atoms with Gasteiger partial charge in [0.15, 0.2) is 0 Å². The third-order valence-corrected chi connectivity index (χ3v) is 4.16. The van der Waals surface area contributed by atoms with E-state index in [-0.39, 0.29) is 24.5 Å². The Labute approximate surface area is 121 Å². The molecule has 1 fully saturated rings. The summed E-state index contributed by atoms with van der Waals surface area (Å²) in [6.07, 6.45) is 7.41. The molecule has 2 rings (SSSR count). The molecular formula is C17H25NO2. The fourth-order valence-corrected chi connectivity index (χ4v) is 2.97. The quantitative estimate of drug-likeness (QED) is 0.811. The van der Waals surface area contributed by atoms with Gasteiger partial charge in [-0.2, -0.15) is 0 Å². The Morgan fingerprint density at radius 2 is 1.80 bits per heavy atom. The van der Waals surface area contributed by atoms with E-state index in [1.54, 1.807) is 0 Å². The van der Waals surface area contributed by atoms with Crippen LogP contribution in [0.5, 0.6) is 0 Å². The second-order valence-electron chi connectivity index (χ2n) is 5.67. The highest BCUT2D eigenvalue weighted by Gasteiger charge is 2.22. The van der Waals surface area contributed by atoms with Crippen LogP contribution in [0, 0.1) is 5.92 Å². The molecule has 1 aromatic rings. The Kier molecular flexibility index (Phi) is 6.06. The minimum Gasteiger partial charge on any atom is -0.396 e. The van der Waals surface area contributed by atoms with Gasteiger partial charge in [-0.25, -0.2) is 0 Å². The molecule has 1 unspecified atom stereocenters. The molecule has 3 nitrogen and oxygen atoms in total. The van der Waals surface area contributed by atoms with Gasteiger partial charge in [0.25, 0.3) is 0 Å². The predicted octanol–water partition coefficient (Wildman–Crippen LogP) is 3.20. The van der Waals surface area contributed by atoms with E-state index in [4.69, 9.17) is 0 Å². The molecule has 1 atom stereocenters. The summed E-state index contributed by atoms with van der Waals surface area (Å²) in [5, 5.41) is 12.3.